The molecule has 2 aromatic heterocycles. The number of ketones is 1. The Balaban J connectivity index is 0.000000294. The molecule has 14 heteroatoms. The number of hydrogen-bond acceptors (Lipinski definition) is 8. The van der Waals surface area contributed by atoms with Crippen LogP contribution in [0, 0.1) is 0 Å². The molecule has 0 bridgehead atoms. The summed E-state index contributed by atoms with van der Waals surface area (Å²) in [6.45, 7) is 4.02. The molecule has 1 N–H and O–H groups in total. The summed E-state index contributed by atoms with van der Waals surface area (Å²) < 4.78 is 15.3. The van der Waals surface area contributed by atoms with Gasteiger partial charge in [0.2, 0.25) is 0 Å². The first-order chi connectivity index (χ1) is 20.2. The molecule has 2 heterocycles. The van der Waals surface area contributed by atoms with E-state index in [2.05, 4.69) is 42.1 Å². The van der Waals surface area contributed by atoms with Crippen LogP contribution in [-0.4, -0.2) is 64.0 Å². The number of rotatable bonds is 6. The van der Waals surface area contributed by atoms with Gasteiger partial charge in [0.1, 0.15) is 0 Å². The Hall–Kier alpha value is -2.55. The number of aliphatic hydroxyl groups is 1. The first-order valence-electron chi connectivity index (χ1n) is 13.5. The molecule has 0 saturated carbocycles. The fourth-order valence-electron chi connectivity index (χ4n) is 5.14. The first kappa shape index (κ1) is 35.9. The third-order valence-corrected chi connectivity index (χ3v) is 7.89. The van der Waals surface area contributed by atoms with Gasteiger partial charge in [0.05, 0.1) is 47.6 Å². The minimum Gasteiger partial charge on any atom is -1.00 e. The van der Waals surface area contributed by atoms with Crippen molar-refractivity contribution in [3.63, 3.8) is 0 Å². The van der Waals surface area contributed by atoms with Crippen LogP contribution in [-0.2, 0) is 22.3 Å². The van der Waals surface area contributed by atoms with Gasteiger partial charge in [0, 0.05) is 29.3 Å². The molecule has 2 aliphatic rings. The third-order valence-electron chi connectivity index (χ3n) is 6.90. The number of fused-ring (bicyclic) bond motifs is 2. The maximum absolute atomic E-state index is 12.0. The van der Waals surface area contributed by atoms with Crippen molar-refractivity contribution in [3.05, 3.63) is 91.4 Å². The zero-order valence-electron chi connectivity index (χ0n) is 25.5. The number of esters is 2. The topological polar surface area (TPSA) is 126 Å². The second kappa shape index (κ2) is 15.6. The van der Waals surface area contributed by atoms with E-state index in [1.54, 1.807) is 23.2 Å². The monoisotopic (exact) mass is 733 g/mol. The maximum atomic E-state index is 12.0. The van der Waals surface area contributed by atoms with Crippen molar-refractivity contribution in [3.8, 4) is 11.4 Å². The minimum atomic E-state index is -0.652. The zero-order chi connectivity index (χ0) is 30.0. The molecule has 0 amide bonds. The number of aliphatic hydroxyl groups excluding tert-OH is 1. The predicted molar refractivity (Wildman–Crippen MR) is 167 cm³/mol. The van der Waals surface area contributed by atoms with Gasteiger partial charge in [-0.3, -0.25) is 4.79 Å². The Labute approximate surface area is 297 Å². The normalized spacial score (nSPS) is 14.4. The quantitative estimate of drug-likeness (QED) is 0.237. The maximum Gasteiger partial charge on any atom is 1.00 e. The van der Waals surface area contributed by atoms with Gasteiger partial charge in [-0.1, -0.05) is 44.0 Å². The zero-order valence-corrected chi connectivity index (χ0v) is 29.7. The fourth-order valence-corrected chi connectivity index (χ4v) is 5.92. The van der Waals surface area contributed by atoms with Crippen LogP contribution >= 0.6 is 31.9 Å². The summed E-state index contributed by atoms with van der Waals surface area (Å²) in [4.78, 5) is 36.1. The van der Waals surface area contributed by atoms with Crippen molar-refractivity contribution in [2.45, 2.75) is 45.6 Å². The number of hydrogen-bond donors (Lipinski definition) is 1. The molecule has 0 spiro atoms. The van der Waals surface area contributed by atoms with E-state index in [-0.39, 0.29) is 69.8 Å². The van der Waals surface area contributed by atoms with E-state index in [4.69, 9.17) is 9.47 Å². The SMILES string of the molecule is CCOC(=O)c1nn(-c2cccc(Br)c2)c2c1C(=O)CC2.CCOC(=O)c1nn(-c2cccc(Br)c2)c2c1C(O)CC2.[B].[H-].[Na+]. The van der Waals surface area contributed by atoms with Gasteiger partial charge in [-0.05, 0) is 69.5 Å². The molecule has 1 unspecified atom stereocenters. The van der Waals surface area contributed by atoms with Crippen LogP contribution in [0.2, 0.25) is 0 Å². The largest absolute Gasteiger partial charge is 1.00 e. The van der Waals surface area contributed by atoms with Gasteiger partial charge in [0.25, 0.3) is 0 Å². The van der Waals surface area contributed by atoms with Crippen molar-refractivity contribution in [1.29, 1.82) is 0 Å². The van der Waals surface area contributed by atoms with Gasteiger partial charge in [-0.25, -0.2) is 19.0 Å². The Morgan fingerprint density at radius 3 is 1.95 bits per heavy atom. The van der Waals surface area contributed by atoms with Crippen LogP contribution in [0.25, 0.3) is 11.4 Å². The van der Waals surface area contributed by atoms with Crippen LogP contribution < -0.4 is 29.6 Å². The summed E-state index contributed by atoms with van der Waals surface area (Å²) in [7, 11) is 0. The van der Waals surface area contributed by atoms with Gasteiger partial charge in [-0.15, -0.1) is 0 Å². The van der Waals surface area contributed by atoms with Crippen molar-refractivity contribution in [2.75, 3.05) is 13.2 Å². The van der Waals surface area contributed by atoms with E-state index in [0.29, 0.717) is 36.8 Å². The Morgan fingerprint density at radius 1 is 0.886 bits per heavy atom. The number of carbonyl (C=O) groups is 3. The third kappa shape index (κ3) is 7.29. The number of benzene rings is 2. The van der Waals surface area contributed by atoms with E-state index in [9.17, 15) is 19.5 Å². The van der Waals surface area contributed by atoms with Crippen LogP contribution in [0.5, 0.6) is 0 Å². The fraction of sp³-hybridized carbons (Fsp3) is 0.300. The van der Waals surface area contributed by atoms with Gasteiger partial charge >= 0.3 is 41.5 Å². The smallest absolute Gasteiger partial charge is 1.00 e. The van der Waals surface area contributed by atoms with E-state index in [0.717, 1.165) is 31.7 Å². The summed E-state index contributed by atoms with van der Waals surface area (Å²) in [5, 5.41) is 18.8. The molecule has 44 heavy (non-hydrogen) atoms. The molecule has 2 aromatic carbocycles. The molecule has 223 valence electrons. The molecular formula is C30H29BBr2N4NaO6. The number of carbonyl (C=O) groups excluding carboxylic acids is 3. The average molecular weight is 735 g/mol. The molecule has 4 aromatic rings. The number of nitrogens with zero attached hydrogens (tertiary/aromatic N) is 4. The van der Waals surface area contributed by atoms with Crippen LogP contribution in [0.3, 0.4) is 0 Å². The molecular weight excluding hydrogens is 706 g/mol. The van der Waals surface area contributed by atoms with E-state index in [1.807, 2.05) is 48.5 Å². The van der Waals surface area contributed by atoms with E-state index in [1.165, 1.54) is 0 Å². The summed E-state index contributed by atoms with van der Waals surface area (Å²) >= 11 is 6.84. The summed E-state index contributed by atoms with van der Waals surface area (Å²) in [6, 6.07) is 15.2. The number of ether oxygens (including phenoxy) is 2. The van der Waals surface area contributed by atoms with Crippen molar-refractivity contribution in [2.24, 2.45) is 0 Å². The van der Waals surface area contributed by atoms with E-state index >= 15 is 0 Å². The van der Waals surface area contributed by atoms with Crippen molar-refractivity contribution in [1.82, 2.24) is 19.6 Å². The molecule has 3 radical (unpaired) electrons. The van der Waals surface area contributed by atoms with Crippen LogP contribution in [0.4, 0.5) is 0 Å². The number of Topliss-reactive ketones (excluding diaryl/α,β-unsaturated/α-hetero) is 1. The molecule has 0 saturated heterocycles. The second-order valence-corrected chi connectivity index (χ2v) is 11.4. The minimum absolute atomic E-state index is 0. The van der Waals surface area contributed by atoms with Gasteiger partial charge < -0.3 is 16.0 Å². The summed E-state index contributed by atoms with van der Waals surface area (Å²) in [5.74, 6) is -1.07. The molecule has 0 aliphatic heterocycles. The standard InChI is InChI=1S/C15H15BrN2O3.C15H13BrN2O3.B.Na.H/c2*1-2-21-15(20)14-13-11(6-7-12(13)19)18(17-14)10-5-3-4-9(16)8-10;;;/h3-5,8,12,19H,2,6-7H2,1H3;3-5,8H,2,6-7H2,1H3;;;/q;;;+1;-1. The average Bonchev–Trinajstić information content (AvgIpc) is 3.72. The Bertz CT molecular complexity index is 1700. The first-order valence-corrected chi connectivity index (χ1v) is 15.1. The molecule has 0 fully saturated rings. The molecule has 10 nitrogen and oxygen atoms in total. The number of halogens is 2. The molecule has 6 rings (SSSR count). The summed E-state index contributed by atoms with van der Waals surface area (Å²) in [5.41, 5.74) is 4.67. The Kier molecular flexibility index (Phi) is 12.8. The van der Waals surface area contributed by atoms with Gasteiger partial charge in [-0.2, -0.15) is 10.2 Å². The summed E-state index contributed by atoms with van der Waals surface area (Å²) in [6.07, 6.45) is 1.64. The van der Waals surface area contributed by atoms with Crippen LogP contribution in [0.15, 0.2) is 57.5 Å². The Morgan fingerprint density at radius 2 is 1.41 bits per heavy atom. The number of aromatic nitrogens is 4. The van der Waals surface area contributed by atoms with Gasteiger partial charge in [0.15, 0.2) is 17.2 Å². The second-order valence-electron chi connectivity index (χ2n) is 9.58. The van der Waals surface area contributed by atoms with E-state index < -0.39 is 18.0 Å². The van der Waals surface area contributed by atoms with Crippen molar-refractivity contribution >= 4 is 58.0 Å². The molecule has 1 atom stereocenters. The predicted octanol–water partition coefficient (Wildman–Crippen LogP) is 2.47. The molecule has 2 aliphatic carbocycles. The van der Waals surface area contributed by atoms with Crippen LogP contribution in [0.1, 0.15) is 82.5 Å². The van der Waals surface area contributed by atoms with Crippen molar-refractivity contribution < 1.29 is 59.9 Å².